The molecule has 10 atom stereocenters. The maximum Gasteiger partial charge on any atom is 0.338 e. The minimum absolute atomic E-state index is 0.00336. The Hall–Kier alpha value is -2.63. The average molecular weight is 687 g/mol. The molecule has 1 aromatic rings. The Labute approximate surface area is 290 Å². The summed E-state index contributed by atoms with van der Waals surface area (Å²) in [7, 11) is 1.72. The van der Waals surface area contributed by atoms with Crippen molar-refractivity contribution in [2.75, 3.05) is 7.11 Å². The predicted molar refractivity (Wildman–Crippen MR) is 185 cm³/mol. The van der Waals surface area contributed by atoms with Gasteiger partial charge in [-0.25, -0.2) is 4.79 Å². The number of non-ortho nitro benzene ring substituents is 2. The lowest BCUT2D eigenvalue weighted by atomic mass is 9.35. The lowest BCUT2D eigenvalue weighted by Gasteiger charge is -2.70. The van der Waals surface area contributed by atoms with E-state index >= 15 is 0 Å². The number of nitro groups is 2. The van der Waals surface area contributed by atoms with Crippen molar-refractivity contribution >= 4 is 17.3 Å². The fourth-order valence-electron chi connectivity index (χ4n) is 11.9. The van der Waals surface area contributed by atoms with Crippen molar-refractivity contribution in [1.29, 1.82) is 0 Å². The lowest BCUT2D eigenvalue weighted by molar-refractivity contribution is -0.394. The molecule has 0 unspecified atom stereocenters. The van der Waals surface area contributed by atoms with Gasteiger partial charge in [-0.2, -0.15) is 0 Å². The van der Waals surface area contributed by atoms with Crippen molar-refractivity contribution in [1.82, 2.24) is 0 Å². The van der Waals surface area contributed by atoms with E-state index in [0.717, 1.165) is 63.1 Å². The van der Waals surface area contributed by atoms with Crippen molar-refractivity contribution in [3.63, 3.8) is 0 Å². The number of aliphatic hydroxyl groups is 2. The van der Waals surface area contributed by atoms with Crippen LogP contribution in [-0.2, 0) is 9.47 Å². The third-order valence-corrected chi connectivity index (χ3v) is 14.9. The Morgan fingerprint density at radius 3 is 2.06 bits per heavy atom. The van der Waals surface area contributed by atoms with Gasteiger partial charge in [-0.05, 0) is 125 Å². The molecule has 4 aliphatic rings. The average Bonchev–Trinajstić information content (AvgIpc) is 3.40. The molecule has 4 saturated carbocycles. The van der Waals surface area contributed by atoms with Crippen LogP contribution in [0, 0.1) is 65.6 Å². The largest absolute Gasteiger partial charge is 0.458 e. The summed E-state index contributed by atoms with van der Waals surface area (Å²) in [6.07, 6.45) is 7.16. The van der Waals surface area contributed by atoms with Crippen LogP contribution >= 0.6 is 0 Å². The summed E-state index contributed by atoms with van der Waals surface area (Å²) in [6.45, 7) is 17.5. The first-order chi connectivity index (χ1) is 22.5. The summed E-state index contributed by atoms with van der Waals surface area (Å²) in [5.74, 6) is -0.369. The molecule has 2 N–H and O–H groups in total. The summed E-state index contributed by atoms with van der Waals surface area (Å²) in [5.41, 5.74) is -3.17. The summed E-state index contributed by atoms with van der Waals surface area (Å²) < 4.78 is 11.7. The summed E-state index contributed by atoms with van der Waals surface area (Å²) >= 11 is 0. The van der Waals surface area contributed by atoms with Crippen molar-refractivity contribution in [2.45, 2.75) is 143 Å². The number of ether oxygens (including phenoxy) is 2. The minimum Gasteiger partial charge on any atom is -0.458 e. The van der Waals surface area contributed by atoms with Crippen molar-refractivity contribution < 1.29 is 34.3 Å². The van der Waals surface area contributed by atoms with Crippen LogP contribution in [0.5, 0.6) is 0 Å². The van der Waals surface area contributed by atoms with Crippen LogP contribution in [-0.4, -0.2) is 56.5 Å². The number of nitro benzene ring substituents is 2. The molecule has 274 valence electrons. The molecule has 5 rings (SSSR count). The molecule has 0 spiro atoms. The molecular weight excluding hydrogens is 628 g/mol. The van der Waals surface area contributed by atoms with Crippen LogP contribution < -0.4 is 0 Å². The van der Waals surface area contributed by atoms with Crippen LogP contribution in [0.25, 0.3) is 0 Å². The number of carbonyl (C=O) groups is 1. The lowest BCUT2D eigenvalue weighted by Crippen LogP contribution is -2.66. The van der Waals surface area contributed by atoms with E-state index in [1.54, 1.807) is 7.11 Å². The first-order valence-electron chi connectivity index (χ1n) is 18.1. The third-order valence-electron chi connectivity index (χ3n) is 14.9. The van der Waals surface area contributed by atoms with E-state index in [4.69, 9.17) is 9.47 Å². The second-order valence-corrected chi connectivity index (χ2v) is 18.1. The Morgan fingerprint density at radius 1 is 0.898 bits per heavy atom. The van der Waals surface area contributed by atoms with E-state index in [0.29, 0.717) is 19.3 Å². The maximum absolute atomic E-state index is 13.4. The molecule has 11 heteroatoms. The molecule has 0 radical (unpaired) electrons. The highest BCUT2D eigenvalue weighted by atomic mass is 16.6. The second-order valence-electron chi connectivity index (χ2n) is 18.1. The van der Waals surface area contributed by atoms with Gasteiger partial charge in [0.05, 0.1) is 38.8 Å². The number of esters is 1. The Balaban J connectivity index is 1.36. The number of hydrogen-bond acceptors (Lipinski definition) is 9. The monoisotopic (exact) mass is 686 g/mol. The van der Waals surface area contributed by atoms with E-state index < -0.39 is 50.4 Å². The molecule has 0 bridgehead atoms. The normalized spacial score (nSPS) is 38.0. The van der Waals surface area contributed by atoms with E-state index in [9.17, 15) is 35.2 Å². The minimum atomic E-state index is -0.888. The molecule has 1 aromatic carbocycles. The highest BCUT2D eigenvalue weighted by Crippen LogP contribution is 2.76. The molecule has 4 aliphatic carbocycles. The first kappa shape index (κ1) is 37.6. The highest BCUT2D eigenvalue weighted by molar-refractivity contribution is 5.91. The number of methoxy groups -OCH3 is 1. The van der Waals surface area contributed by atoms with Crippen molar-refractivity contribution in [3.8, 4) is 0 Å². The number of carbonyl (C=O) groups excluding carboxylic acids is 1. The van der Waals surface area contributed by atoms with Gasteiger partial charge < -0.3 is 19.7 Å². The van der Waals surface area contributed by atoms with Gasteiger partial charge in [-0.15, -0.1) is 0 Å². The second kappa shape index (κ2) is 12.5. The summed E-state index contributed by atoms with van der Waals surface area (Å²) in [4.78, 5) is 34.8. The van der Waals surface area contributed by atoms with Gasteiger partial charge >= 0.3 is 5.97 Å². The van der Waals surface area contributed by atoms with Gasteiger partial charge in [0.25, 0.3) is 11.4 Å². The van der Waals surface area contributed by atoms with Gasteiger partial charge in [-0.1, -0.05) is 34.6 Å². The molecule has 0 amide bonds. The van der Waals surface area contributed by atoms with Crippen molar-refractivity contribution in [3.05, 3.63) is 44.0 Å². The van der Waals surface area contributed by atoms with Gasteiger partial charge in [0.1, 0.15) is 6.10 Å². The molecule has 0 heterocycles. The quantitative estimate of drug-likeness (QED) is 0.141. The van der Waals surface area contributed by atoms with Gasteiger partial charge in [0.15, 0.2) is 0 Å². The zero-order valence-corrected chi connectivity index (χ0v) is 30.9. The molecule has 11 nitrogen and oxygen atoms in total. The highest BCUT2D eigenvalue weighted by Gasteiger charge is 2.71. The first-order valence-corrected chi connectivity index (χ1v) is 18.1. The van der Waals surface area contributed by atoms with Gasteiger partial charge in [0, 0.05) is 24.7 Å². The number of aliphatic hydroxyl groups excluding tert-OH is 1. The van der Waals surface area contributed by atoms with Crippen LogP contribution in [0.2, 0.25) is 0 Å². The number of nitrogens with zero attached hydrogens (tertiary/aromatic N) is 2. The number of rotatable bonds is 10. The Morgan fingerprint density at radius 2 is 1.49 bits per heavy atom. The van der Waals surface area contributed by atoms with E-state index in [2.05, 4.69) is 48.5 Å². The zero-order valence-electron chi connectivity index (χ0n) is 30.9. The Bertz CT molecular complexity index is 1440. The number of benzene rings is 1. The van der Waals surface area contributed by atoms with Crippen LogP contribution in [0.4, 0.5) is 11.4 Å². The topological polar surface area (TPSA) is 162 Å². The fraction of sp³-hybridized carbons (Fsp3) is 0.816. The molecule has 0 aromatic heterocycles. The van der Waals surface area contributed by atoms with E-state index in [1.807, 2.05) is 6.92 Å². The van der Waals surface area contributed by atoms with E-state index in [1.165, 1.54) is 0 Å². The molecular formula is C38H58N2O9. The van der Waals surface area contributed by atoms with Crippen molar-refractivity contribution in [2.24, 2.45) is 45.3 Å². The van der Waals surface area contributed by atoms with Gasteiger partial charge in [0.2, 0.25) is 0 Å². The molecule has 4 fully saturated rings. The van der Waals surface area contributed by atoms with Crippen LogP contribution in [0.15, 0.2) is 18.2 Å². The summed E-state index contributed by atoms with van der Waals surface area (Å²) in [5, 5.41) is 46.9. The number of hydrogen-bond donors (Lipinski definition) is 2. The zero-order chi connectivity index (χ0) is 36.5. The molecule has 0 aliphatic heterocycles. The third kappa shape index (κ3) is 6.19. The fourth-order valence-corrected chi connectivity index (χ4v) is 11.9. The standard InChI is InChI=1S/C38H58N2O9/c1-33(2,48-9)14-10-15-38(8,43)26-11-17-37(7)31(26)27(41)22-29-35(5)16-13-30(34(3,4)28(35)12-18-36(29,37)6)49-32(42)23-19-24(39(44)45)21-25(20-23)40(46)47/h19-21,26-31,41,43H,10-18,22H2,1-9H3/t26-,27+,28-,29+,30-,31-,35-,36+,37+,38+/m0/s1. The summed E-state index contributed by atoms with van der Waals surface area (Å²) in [6, 6.07) is 2.91. The predicted octanol–water partition coefficient (Wildman–Crippen LogP) is 8.03. The Kier molecular flexibility index (Phi) is 9.63. The van der Waals surface area contributed by atoms with Crippen LogP contribution in [0.3, 0.4) is 0 Å². The molecule has 0 saturated heterocycles. The molecule has 49 heavy (non-hydrogen) atoms. The van der Waals surface area contributed by atoms with Gasteiger partial charge in [-0.3, -0.25) is 20.2 Å². The van der Waals surface area contributed by atoms with E-state index in [-0.39, 0.29) is 51.1 Å². The SMILES string of the molecule is COC(C)(C)CCC[C@@](C)(O)[C@H]1CC[C@]2(C)[C@@H]1[C@H](O)C[C@@H]1[C@@]3(C)CC[C@H](OC(=O)c4cc([N+](=O)[O-])cc([N+](=O)[O-])c4)C(C)(C)[C@@H]3CC[C@]12C. The maximum atomic E-state index is 13.4. The number of fused-ring (bicyclic) bond motifs is 5. The van der Waals surface area contributed by atoms with Crippen LogP contribution in [0.1, 0.15) is 130 Å². The smallest absolute Gasteiger partial charge is 0.338 e.